The summed E-state index contributed by atoms with van der Waals surface area (Å²) in [7, 11) is -3.38. The van der Waals surface area contributed by atoms with Crippen LogP contribution in [0.4, 0.5) is 0 Å². The Labute approximate surface area is 172 Å². The lowest BCUT2D eigenvalue weighted by Crippen LogP contribution is -2.24. The average Bonchev–Trinajstić information content (AvgIpc) is 3.12. The molecule has 0 spiro atoms. The first-order chi connectivity index (χ1) is 14.0. The molecule has 0 radical (unpaired) electrons. The van der Waals surface area contributed by atoms with Crippen molar-refractivity contribution in [3.63, 3.8) is 0 Å². The molecular weight excluding hydrogens is 384 g/mol. The number of hydrogen-bond donors (Lipinski definition) is 0. The lowest BCUT2D eigenvalue weighted by atomic mass is 9.96. The largest absolute Gasteiger partial charge is 0.490 e. The smallest absolute Gasteiger partial charge is 0.178 e. The zero-order valence-electron chi connectivity index (χ0n) is 16.5. The summed E-state index contributed by atoms with van der Waals surface area (Å²) < 4.78 is 31.4. The van der Waals surface area contributed by atoms with Crippen molar-refractivity contribution in [1.82, 2.24) is 4.90 Å². The van der Waals surface area contributed by atoms with Crippen molar-refractivity contribution in [2.24, 2.45) is 5.92 Å². The maximum atomic E-state index is 12.7. The lowest BCUT2D eigenvalue weighted by Gasteiger charge is -2.26. The first-order valence-corrected chi connectivity index (χ1v) is 11.9. The van der Waals surface area contributed by atoms with Gasteiger partial charge in [-0.2, -0.15) is 5.26 Å². The van der Waals surface area contributed by atoms with Crippen molar-refractivity contribution >= 4 is 9.84 Å². The molecule has 0 bridgehead atoms. The minimum Gasteiger partial charge on any atom is -0.490 e. The molecule has 2 aliphatic rings. The fourth-order valence-corrected chi connectivity index (χ4v) is 5.65. The highest BCUT2D eigenvalue weighted by Crippen LogP contribution is 2.27. The van der Waals surface area contributed by atoms with E-state index in [2.05, 4.69) is 17.0 Å². The van der Waals surface area contributed by atoms with Crippen LogP contribution in [0.5, 0.6) is 5.75 Å². The third kappa shape index (κ3) is 4.98. The maximum Gasteiger partial charge on any atom is 0.178 e. The van der Waals surface area contributed by atoms with E-state index >= 15 is 0 Å². The van der Waals surface area contributed by atoms with Crippen molar-refractivity contribution < 1.29 is 13.2 Å². The van der Waals surface area contributed by atoms with Crippen LogP contribution in [-0.2, 0) is 16.4 Å². The van der Waals surface area contributed by atoms with E-state index in [9.17, 15) is 8.42 Å². The molecule has 29 heavy (non-hydrogen) atoms. The summed E-state index contributed by atoms with van der Waals surface area (Å²) in [5.41, 5.74) is 1.60. The number of rotatable bonds is 7. The van der Waals surface area contributed by atoms with Crippen LogP contribution in [0.2, 0.25) is 0 Å². The molecule has 0 amide bonds. The minimum absolute atomic E-state index is 0.118. The van der Waals surface area contributed by atoms with E-state index in [1.165, 1.54) is 18.1 Å². The van der Waals surface area contributed by atoms with Crippen LogP contribution < -0.4 is 4.74 Å². The predicted octanol–water partition coefficient (Wildman–Crippen LogP) is 3.79. The number of ether oxygens (including phenoxy) is 1. The van der Waals surface area contributed by atoms with E-state index in [0.717, 1.165) is 44.6 Å². The van der Waals surface area contributed by atoms with Crippen LogP contribution in [0, 0.1) is 17.2 Å². The SMILES string of the molecule is N#Cc1cccc(S(=O)(=O)C[C@@H]2CCN(Cc3ccc(OC4CCC4)cc3)C2)c1. The molecule has 1 heterocycles. The van der Waals surface area contributed by atoms with Gasteiger partial charge in [-0.15, -0.1) is 0 Å². The van der Waals surface area contributed by atoms with E-state index in [-0.39, 0.29) is 16.6 Å². The Morgan fingerprint density at radius 3 is 2.59 bits per heavy atom. The summed E-state index contributed by atoms with van der Waals surface area (Å²) in [5.74, 6) is 1.18. The second-order valence-corrected chi connectivity index (χ2v) is 10.2. The summed E-state index contributed by atoms with van der Waals surface area (Å²) in [6.45, 7) is 2.50. The van der Waals surface area contributed by atoms with Crippen LogP contribution in [0.3, 0.4) is 0 Å². The quantitative estimate of drug-likeness (QED) is 0.695. The van der Waals surface area contributed by atoms with Gasteiger partial charge in [0.25, 0.3) is 0 Å². The molecule has 0 N–H and O–H groups in total. The highest BCUT2D eigenvalue weighted by Gasteiger charge is 2.28. The molecule has 2 fully saturated rings. The van der Waals surface area contributed by atoms with Gasteiger partial charge in [0.05, 0.1) is 28.4 Å². The highest BCUT2D eigenvalue weighted by atomic mass is 32.2. The zero-order valence-corrected chi connectivity index (χ0v) is 17.3. The first-order valence-electron chi connectivity index (χ1n) is 10.2. The molecule has 152 valence electrons. The van der Waals surface area contributed by atoms with E-state index in [0.29, 0.717) is 11.7 Å². The van der Waals surface area contributed by atoms with E-state index < -0.39 is 9.84 Å². The minimum atomic E-state index is -3.38. The van der Waals surface area contributed by atoms with Gasteiger partial charge in [0.15, 0.2) is 9.84 Å². The maximum absolute atomic E-state index is 12.7. The van der Waals surface area contributed by atoms with E-state index in [4.69, 9.17) is 10.00 Å². The van der Waals surface area contributed by atoms with Gasteiger partial charge in [-0.1, -0.05) is 18.2 Å². The molecule has 4 rings (SSSR count). The molecule has 2 aromatic rings. The number of hydrogen-bond acceptors (Lipinski definition) is 5. The van der Waals surface area contributed by atoms with Crippen molar-refractivity contribution in [2.75, 3.05) is 18.8 Å². The highest BCUT2D eigenvalue weighted by molar-refractivity contribution is 7.91. The fourth-order valence-electron chi connectivity index (χ4n) is 3.97. The predicted molar refractivity (Wildman–Crippen MR) is 111 cm³/mol. The summed E-state index contributed by atoms with van der Waals surface area (Å²) in [5, 5.41) is 9.00. The molecule has 6 heteroatoms. The van der Waals surface area contributed by atoms with Crippen molar-refractivity contribution in [3.05, 3.63) is 59.7 Å². The molecular formula is C23H26N2O3S. The number of benzene rings is 2. The van der Waals surface area contributed by atoms with Gasteiger partial charge >= 0.3 is 0 Å². The van der Waals surface area contributed by atoms with Crippen molar-refractivity contribution in [2.45, 2.75) is 43.2 Å². The van der Waals surface area contributed by atoms with Crippen LogP contribution in [0.1, 0.15) is 36.8 Å². The number of nitrogens with zero attached hydrogens (tertiary/aromatic N) is 2. The molecule has 1 atom stereocenters. The number of likely N-dealkylation sites (tertiary alicyclic amines) is 1. The van der Waals surface area contributed by atoms with Crippen molar-refractivity contribution in [3.8, 4) is 11.8 Å². The normalized spacial score (nSPS) is 20.2. The van der Waals surface area contributed by atoms with Crippen LogP contribution in [0.15, 0.2) is 53.4 Å². The topological polar surface area (TPSA) is 70.4 Å². The number of nitriles is 1. The Bertz CT molecular complexity index is 992. The molecule has 5 nitrogen and oxygen atoms in total. The summed E-state index contributed by atoms with van der Waals surface area (Å²) in [6, 6.07) is 16.6. The molecule has 1 aliphatic carbocycles. The van der Waals surface area contributed by atoms with Gasteiger partial charge in [0.1, 0.15) is 5.75 Å². The standard InChI is InChI=1S/C23H26N2O3S/c24-14-19-3-1-6-23(13-19)29(26,27)17-20-11-12-25(16-20)15-18-7-9-22(10-8-18)28-21-4-2-5-21/h1,3,6-10,13,20-21H,2,4-5,11-12,15-17H2/t20-/m1/s1. The van der Waals surface area contributed by atoms with Crippen molar-refractivity contribution in [1.29, 1.82) is 5.26 Å². The molecule has 1 saturated heterocycles. The van der Waals surface area contributed by atoms with E-state index in [1.807, 2.05) is 18.2 Å². The third-order valence-corrected chi connectivity index (χ3v) is 7.71. The van der Waals surface area contributed by atoms with Gasteiger partial charge in [-0.05, 0) is 74.0 Å². The Hall–Kier alpha value is -2.36. The first kappa shape index (κ1) is 19.9. The molecule has 0 aromatic heterocycles. The zero-order chi connectivity index (χ0) is 20.3. The van der Waals surface area contributed by atoms with Gasteiger partial charge in [0, 0.05) is 13.1 Å². The summed E-state index contributed by atoms with van der Waals surface area (Å²) in [6.07, 6.45) is 4.83. The van der Waals surface area contributed by atoms with Gasteiger partial charge in [-0.25, -0.2) is 8.42 Å². The van der Waals surface area contributed by atoms with Crippen LogP contribution in [0.25, 0.3) is 0 Å². The Balaban J connectivity index is 1.31. The van der Waals surface area contributed by atoms with Crippen LogP contribution in [-0.4, -0.2) is 38.3 Å². The van der Waals surface area contributed by atoms with E-state index in [1.54, 1.807) is 18.2 Å². The molecule has 2 aromatic carbocycles. The van der Waals surface area contributed by atoms with Gasteiger partial charge in [-0.3, -0.25) is 4.90 Å². The van der Waals surface area contributed by atoms with Crippen LogP contribution >= 0.6 is 0 Å². The monoisotopic (exact) mass is 410 g/mol. The van der Waals surface area contributed by atoms with Gasteiger partial charge < -0.3 is 4.74 Å². The molecule has 0 unspecified atom stereocenters. The number of sulfone groups is 1. The van der Waals surface area contributed by atoms with Gasteiger partial charge in [0.2, 0.25) is 0 Å². The molecule has 1 saturated carbocycles. The Morgan fingerprint density at radius 2 is 1.90 bits per heavy atom. The third-order valence-electron chi connectivity index (χ3n) is 5.83. The summed E-state index contributed by atoms with van der Waals surface area (Å²) in [4.78, 5) is 2.56. The average molecular weight is 411 g/mol. The second-order valence-electron chi connectivity index (χ2n) is 8.13. The molecule has 1 aliphatic heterocycles. The summed E-state index contributed by atoms with van der Waals surface area (Å²) >= 11 is 0. The second kappa shape index (κ2) is 8.56. The Morgan fingerprint density at radius 1 is 1.10 bits per heavy atom. The lowest BCUT2D eigenvalue weighted by molar-refractivity contribution is 0.120. The fraction of sp³-hybridized carbons (Fsp3) is 0.435. The Kier molecular flexibility index (Phi) is 5.89.